The molecule has 1 aliphatic carbocycles. The first-order valence-corrected chi connectivity index (χ1v) is 19.7. The van der Waals surface area contributed by atoms with Gasteiger partial charge in [0, 0.05) is 32.6 Å². The van der Waals surface area contributed by atoms with E-state index in [9.17, 15) is 14.4 Å². The van der Waals surface area contributed by atoms with E-state index in [1.807, 2.05) is 0 Å². The molecule has 0 aromatic carbocycles. The Hall–Kier alpha value is -2.25. The van der Waals surface area contributed by atoms with Crippen LogP contribution in [0.25, 0.3) is 0 Å². The Morgan fingerprint density at radius 3 is 1.41 bits per heavy atom. The van der Waals surface area contributed by atoms with Gasteiger partial charge in [-0.2, -0.15) is 0 Å². The van der Waals surface area contributed by atoms with E-state index in [0.717, 1.165) is 12.8 Å². The zero-order valence-electron chi connectivity index (χ0n) is 32.8. The molecule has 3 N–H and O–H groups in total. The number of carbonyl (C=O) groups excluding carboxylic acids is 1. The topological polar surface area (TPSA) is 190 Å². The van der Waals surface area contributed by atoms with Gasteiger partial charge in [-0.05, 0) is 43.9 Å². The maximum Gasteiger partial charge on any atom is 0.305 e. The summed E-state index contributed by atoms with van der Waals surface area (Å²) in [5.41, 5.74) is 0. The van der Waals surface area contributed by atoms with E-state index < -0.39 is 11.9 Å². The van der Waals surface area contributed by atoms with Crippen molar-refractivity contribution in [1.29, 1.82) is 0 Å². The fraction of sp³-hybridized carbons (Fsp3) is 0.868. The van der Waals surface area contributed by atoms with E-state index in [1.165, 1.54) is 19.3 Å². The van der Waals surface area contributed by atoms with Crippen LogP contribution in [0.4, 0.5) is 0 Å². The number of amides is 1. The fourth-order valence-corrected chi connectivity index (χ4v) is 5.24. The average Bonchev–Trinajstić information content (AvgIpc) is 3.13. The zero-order valence-corrected chi connectivity index (χ0v) is 32.8. The van der Waals surface area contributed by atoms with Crippen LogP contribution < -0.4 is 5.32 Å². The first-order chi connectivity index (χ1) is 26.4. The van der Waals surface area contributed by atoms with Gasteiger partial charge in [-0.25, -0.2) is 0 Å². The standard InChI is InChI=1S/C38H70N2O14/c1-34-4-2-3-5-35(7-6-34)8-9-36(41)39-12-18-48-24-30-54-33-27-51-21-15-40(13-19-49-25-31-52-28-22-46-16-10-37(42)43)14-20-50-26-32-53-29-23-47-17-11-38(44)45/h2,4,34-35H,3,5-33H2,1H3,(H,39,41)(H,42,43)(H,44,45)/b4-2+. The third kappa shape index (κ3) is 35.5. The molecule has 0 saturated carbocycles. The summed E-state index contributed by atoms with van der Waals surface area (Å²) < 4.78 is 49.7. The summed E-state index contributed by atoms with van der Waals surface area (Å²) >= 11 is 0. The second kappa shape index (κ2) is 37.7. The molecule has 0 radical (unpaired) electrons. The van der Waals surface area contributed by atoms with Crippen molar-refractivity contribution in [2.24, 2.45) is 11.8 Å². The van der Waals surface area contributed by atoms with Crippen molar-refractivity contribution < 1.29 is 67.2 Å². The van der Waals surface area contributed by atoms with E-state index in [0.29, 0.717) is 150 Å². The van der Waals surface area contributed by atoms with Crippen LogP contribution in [-0.4, -0.2) is 178 Å². The van der Waals surface area contributed by atoms with Crippen molar-refractivity contribution in [3.8, 4) is 0 Å². The van der Waals surface area contributed by atoms with E-state index >= 15 is 0 Å². The summed E-state index contributed by atoms with van der Waals surface area (Å²) in [6, 6.07) is 0. The van der Waals surface area contributed by atoms with Gasteiger partial charge in [0.25, 0.3) is 0 Å². The molecule has 16 nitrogen and oxygen atoms in total. The SMILES string of the molecule is CC1/C=C/CCC(CCC(=O)NCCOCCOCCOCCN(CCOCCOCCOCCC(=O)O)CCOCCOCCOCCC(=O)O)CC1. The molecule has 54 heavy (non-hydrogen) atoms. The molecule has 1 amide bonds. The molecular formula is C38H70N2O14. The Kier molecular flexibility index (Phi) is 34.7. The number of aliphatic carboxylic acids is 2. The minimum absolute atomic E-state index is 0.0255. The summed E-state index contributed by atoms with van der Waals surface area (Å²) in [6.45, 7) is 12.1. The molecule has 16 heteroatoms. The molecule has 0 fully saturated rings. The molecule has 0 bridgehead atoms. The number of nitrogens with one attached hydrogen (secondary N) is 1. The van der Waals surface area contributed by atoms with Crippen LogP contribution in [0.5, 0.6) is 0 Å². The fourth-order valence-electron chi connectivity index (χ4n) is 5.24. The largest absolute Gasteiger partial charge is 0.481 e. The third-order valence-electron chi connectivity index (χ3n) is 8.39. The van der Waals surface area contributed by atoms with E-state index in [2.05, 4.69) is 29.3 Å². The lowest BCUT2D eigenvalue weighted by atomic mass is 9.87. The quantitative estimate of drug-likeness (QED) is 0.0610. The van der Waals surface area contributed by atoms with Crippen molar-refractivity contribution in [1.82, 2.24) is 10.2 Å². The second-order valence-corrected chi connectivity index (χ2v) is 13.0. The van der Waals surface area contributed by atoms with Gasteiger partial charge < -0.3 is 58.2 Å². The van der Waals surface area contributed by atoms with Crippen LogP contribution in [0.1, 0.15) is 58.3 Å². The van der Waals surface area contributed by atoms with Crippen LogP contribution >= 0.6 is 0 Å². The molecule has 2 atom stereocenters. The predicted molar refractivity (Wildman–Crippen MR) is 201 cm³/mol. The van der Waals surface area contributed by atoms with E-state index in [4.69, 9.17) is 52.8 Å². The smallest absolute Gasteiger partial charge is 0.305 e. The minimum atomic E-state index is -0.890. The van der Waals surface area contributed by atoms with Crippen LogP contribution in [0.3, 0.4) is 0 Å². The van der Waals surface area contributed by atoms with E-state index in [-0.39, 0.29) is 32.0 Å². The van der Waals surface area contributed by atoms with Gasteiger partial charge in [-0.1, -0.05) is 19.1 Å². The lowest BCUT2D eigenvalue weighted by molar-refractivity contribution is -0.139. The zero-order chi connectivity index (χ0) is 39.2. The monoisotopic (exact) mass is 778 g/mol. The Morgan fingerprint density at radius 2 is 0.963 bits per heavy atom. The van der Waals surface area contributed by atoms with Gasteiger partial charge in [-0.3, -0.25) is 19.3 Å². The molecule has 316 valence electrons. The summed E-state index contributed by atoms with van der Waals surface area (Å²) in [6.07, 6.45) is 10.7. The number of hydrogen-bond donors (Lipinski definition) is 3. The van der Waals surface area contributed by atoms with E-state index in [1.54, 1.807) is 0 Å². The number of ether oxygens (including phenoxy) is 9. The van der Waals surface area contributed by atoms with Crippen molar-refractivity contribution >= 4 is 17.8 Å². The number of carboxylic acid groups (broad SMARTS) is 2. The number of carboxylic acids is 2. The van der Waals surface area contributed by atoms with Crippen LogP contribution in [-0.2, 0) is 57.0 Å². The van der Waals surface area contributed by atoms with Gasteiger partial charge in [0.1, 0.15) is 0 Å². The molecule has 0 heterocycles. The van der Waals surface area contributed by atoms with Crippen LogP contribution in [0.2, 0.25) is 0 Å². The highest BCUT2D eigenvalue weighted by Crippen LogP contribution is 2.25. The molecule has 0 saturated heterocycles. The maximum absolute atomic E-state index is 12.2. The highest BCUT2D eigenvalue weighted by atomic mass is 16.6. The molecule has 0 aromatic rings. The average molecular weight is 779 g/mol. The number of hydrogen-bond acceptors (Lipinski definition) is 13. The van der Waals surface area contributed by atoms with Crippen LogP contribution in [0.15, 0.2) is 12.2 Å². The molecule has 0 spiro atoms. The first kappa shape index (κ1) is 49.8. The molecule has 2 unspecified atom stereocenters. The third-order valence-corrected chi connectivity index (χ3v) is 8.39. The lowest BCUT2D eigenvalue weighted by Gasteiger charge is -2.22. The van der Waals surface area contributed by atoms with Crippen molar-refractivity contribution in [3.05, 3.63) is 12.2 Å². The highest BCUT2D eigenvalue weighted by Gasteiger charge is 2.14. The predicted octanol–water partition coefficient (Wildman–Crippen LogP) is 2.67. The molecule has 0 aliphatic heterocycles. The number of nitrogens with zero attached hydrogens (tertiary/aromatic N) is 1. The highest BCUT2D eigenvalue weighted by molar-refractivity contribution is 5.75. The Bertz CT molecular complexity index is 893. The van der Waals surface area contributed by atoms with Gasteiger partial charge in [0.15, 0.2) is 0 Å². The van der Waals surface area contributed by atoms with Gasteiger partial charge >= 0.3 is 11.9 Å². The molecule has 0 aromatic heterocycles. The lowest BCUT2D eigenvalue weighted by Crippen LogP contribution is -2.34. The molecule has 1 rings (SSSR count). The Morgan fingerprint density at radius 1 is 0.556 bits per heavy atom. The summed E-state index contributed by atoms with van der Waals surface area (Å²) in [5.74, 6) is -0.422. The normalized spacial score (nSPS) is 16.6. The number of rotatable bonds is 39. The van der Waals surface area contributed by atoms with Gasteiger partial charge in [0.05, 0.1) is 132 Å². The Balaban J connectivity index is 2.09. The first-order valence-electron chi connectivity index (χ1n) is 19.7. The van der Waals surface area contributed by atoms with Gasteiger partial charge in [0.2, 0.25) is 5.91 Å². The summed E-state index contributed by atoms with van der Waals surface area (Å²) in [5, 5.41) is 20.2. The number of allylic oxidation sites excluding steroid dienone is 2. The second-order valence-electron chi connectivity index (χ2n) is 13.0. The maximum atomic E-state index is 12.2. The molecule has 1 aliphatic rings. The summed E-state index contributed by atoms with van der Waals surface area (Å²) in [7, 11) is 0. The van der Waals surface area contributed by atoms with Gasteiger partial charge in [-0.15, -0.1) is 0 Å². The van der Waals surface area contributed by atoms with Crippen molar-refractivity contribution in [3.63, 3.8) is 0 Å². The number of carbonyl (C=O) groups is 3. The van der Waals surface area contributed by atoms with Crippen LogP contribution in [0, 0.1) is 11.8 Å². The summed E-state index contributed by atoms with van der Waals surface area (Å²) in [4.78, 5) is 35.4. The Labute approximate surface area is 322 Å². The van der Waals surface area contributed by atoms with Crippen molar-refractivity contribution in [2.75, 3.05) is 145 Å². The minimum Gasteiger partial charge on any atom is -0.481 e. The van der Waals surface area contributed by atoms with Crippen molar-refractivity contribution in [2.45, 2.75) is 58.3 Å². The molecular weight excluding hydrogens is 708 g/mol.